The van der Waals surface area contributed by atoms with Crippen molar-refractivity contribution in [3.05, 3.63) is 52.1 Å². The summed E-state index contributed by atoms with van der Waals surface area (Å²) >= 11 is 0. The summed E-state index contributed by atoms with van der Waals surface area (Å²) in [6.07, 6.45) is 0. The highest BCUT2D eigenvalue weighted by molar-refractivity contribution is 5.98. The van der Waals surface area contributed by atoms with Crippen molar-refractivity contribution in [1.29, 1.82) is 0 Å². The molecule has 0 aliphatic heterocycles. The highest BCUT2D eigenvalue weighted by atomic mass is 16.6. The lowest BCUT2D eigenvalue weighted by Crippen LogP contribution is -2.03. The van der Waals surface area contributed by atoms with Gasteiger partial charge in [0, 0.05) is 23.0 Å². The first-order chi connectivity index (χ1) is 9.40. The Bertz CT molecular complexity index is 651. The number of benzene rings is 2. The van der Waals surface area contributed by atoms with Crippen molar-refractivity contribution >= 4 is 23.0 Å². The second-order valence-corrected chi connectivity index (χ2v) is 4.14. The first kappa shape index (κ1) is 13.3. The number of rotatable bonds is 3. The predicted octanol–water partition coefficient (Wildman–Crippen LogP) is 2.12. The van der Waals surface area contributed by atoms with Crippen molar-refractivity contribution in [3.63, 3.8) is 0 Å². The van der Waals surface area contributed by atoms with Gasteiger partial charge in [-0.25, -0.2) is 4.79 Å². The molecule has 0 saturated carbocycles. The van der Waals surface area contributed by atoms with Crippen LogP contribution in [-0.2, 0) is 0 Å². The number of carboxylic acids is 1. The molecule has 0 aromatic heterocycles. The molecule has 0 bridgehead atoms. The molecule has 2 aromatic carbocycles. The number of nitro groups is 1. The van der Waals surface area contributed by atoms with Crippen molar-refractivity contribution in [2.24, 2.45) is 0 Å². The van der Waals surface area contributed by atoms with E-state index in [0.29, 0.717) is 0 Å². The lowest BCUT2D eigenvalue weighted by atomic mass is 9.97. The molecule has 2 rings (SSSR count). The number of nitrogens with two attached hydrogens (primary N) is 2. The van der Waals surface area contributed by atoms with Crippen LogP contribution in [-0.4, -0.2) is 16.0 Å². The molecule has 0 saturated heterocycles. The molecule has 0 unspecified atom stereocenters. The Hall–Kier alpha value is -3.09. The molecule has 0 fully saturated rings. The minimum atomic E-state index is -1.21. The maximum Gasteiger partial charge on any atom is 0.336 e. The maximum atomic E-state index is 11.2. The lowest BCUT2D eigenvalue weighted by Gasteiger charge is -2.08. The number of nitro benzene ring substituents is 1. The minimum absolute atomic E-state index is 0.0992. The number of nitrogens with zero attached hydrogens (tertiary/aromatic N) is 1. The number of aromatic carboxylic acids is 1. The van der Waals surface area contributed by atoms with E-state index in [1.54, 1.807) is 0 Å². The van der Waals surface area contributed by atoms with Gasteiger partial charge in [-0.05, 0) is 24.3 Å². The Morgan fingerprint density at radius 2 is 1.60 bits per heavy atom. The van der Waals surface area contributed by atoms with Gasteiger partial charge < -0.3 is 16.6 Å². The van der Waals surface area contributed by atoms with Gasteiger partial charge in [0.2, 0.25) is 0 Å². The van der Waals surface area contributed by atoms with Crippen LogP contribution in [0.5, 0.6) is 0 Å². The summed E-state index contributed by atoms with van der Waals surface area (Å²) in [4.78, 5) is 21.7. The van der Waals surface area contributed by atoms with Gasteiger partial charge in [-0.1, -0.05) is 6.07 Å². The van der Waals surface area contributed by atoms with Gasteiger partial charge >= 0.3 is 5.97 Å². The highest BCUT2D eigenvalue weighted by Gasteiger charge is 2.20. The van der Waals surface area contributed by atoms with E-state index < -0.39 is 10.9 Å². The van der Waals surface area contributed by atoms with Crippen LogP contribution in [0.3, 0.4) is 0 Å². The van der Waals surface area contributed by atoms with E-state index in [0.717, 1.165) is 0 Å². The molecule has 0 aliphatic rings. The van der Waals surface area contributed by atoms with Gasteiger partial charge in [0.25, 0.3) is 5.69 Å². The van der Waals surface area contributed by atoms with E-state index in [2.05, 4.69) is 0 Å². The second-order valence-electron chi connectivity index (χ2n) is 4.14. The molecule has 0 aliphatic carbocycles. The zero-order chi connectivity index (χ0) is 14.9. The maximum absolute atomic E-state index is 11.2. The van der Waals surface area contributed by atoms with Crippen LogP contribution in [0.4, 0.5) is 17.1 Å². The summed E-state index contributed by atoms with van der Waals surface area (Å²) in [5, 5.41) is 20.3. The molecule has 0 radical (unpaired) electrons. The molecule has 0 heterocycles. The van der Waals surface area contributed by atoms with E-state index >= 15 is 0 Å². The molecule has 0 atom stereocenters. The molecule has 0 amide bonds. The summed E-state index contributed by atoms with van der Waals surface area (Å²) in [5.41, 5.74) is 11.6. The Morgan fingerprint density at radius 1 is 1.05 bits per heavy atom. The number of anilines is 2. The fourth-order valence-corrected chi connectivity index (χ4v) is 1.90. The van der Waals surface area contributed by atoms with E-state index in [9.17, 15) is 20.0 Å². The number of carboxylic acid groups (broad SMARTS) is 1. The number of carbonyl (C=O) groups is 1. The topological polar surface area (TPSA) is 132 Å². The van der Waals surface area contributed by atoms with Crippen LogP contribution in [0.1, 0.15) is 10.4 Å². The first-order valence-electron chi connectivity index (χ1n) is 5.57. The van der Waals surface area contributed by atoms with Gasteiger partial charge in [0.1, 0.15) is 0 Å². The van der Waals surface area contributed by atoms with Crippen molar-refractivity contribution < 1.29 is 14.8 Å². The van der Waals surface area contributed by atoms with Crippen LogP contribution in [0.25, 0.3) is 11.1 Å². The van der Waals surface area contributed by atoms with Crippen LogP contribution >= 0.6 is 0 Å². The highest BCUT2D eigenvalue weighted by Crippen LogP contribution is 2.34. The number of nitrogen functional groups attached to an aromatic ring is 2. The fraction of sp³-hybridized carbons (Fsp3) is 0. The predicted molar refractivity (Wildman–Crippen MR) is 74.3 cm³/mol. The molecule has 2 aromatic rings. The lowest BCUT2D eigenvalue weighted by molar-refractivity contribution is -0.384. The molecular weight excluding hydrogens is 262 g/mol. The van der Waals surface area contributed by atoms with Crippen LogP contribution in [0.15, 0.2) is 36.4 Å². The largest absolute Gasteiger partial charge is 0.478 e. The SMILES string of the molecule is Nc1ccc(-c2ccc(N)cc2[N+](=O)[O-])c(C(=O)O)c1. The van der Waals surface area contributed by atoms with Crippen LogP contribution in [0.2, 0.25) is 0 Å². The summed E-state index contributed by atoms with van der Waals surface area (Å²) in [5.74, 6) is -1.21. The van der Waals surface area contributed by atoms with Gasteiger partial charge in [0.15, 0.2) is 0 Å². The molecule has 7 heteroatoms. The van der Waals surface area contributed by atoms with E-state index in [-0.39, 0.29) is 33.8 Å². The Balaban J connectivity index is 2.75. The van der Waals surface area contributed by atoms with Gasteiger partial charge in [-0.3, -0.25) is 10.1 Å². The van der Waals surface area contributed by atoms with E-state index in [4.69, 9.17) is 11.5 Å². The monoisotopic (exact) mass is 273 g/mol. The van der Waals surface area contributed by atoms with Crippen molar-refractivity contribution in [2.45, 2.75) is 0 Å². The van der Waals surface area contributed by atoms with Crippen molar-refractivity contribution in [1.82, 2.24) is 0 Å². The average Bonchev–Trinajstić information content (AvgIpc) is 2.38. The van der Waals surface area contributed by atoms with Gasteiger partial charge in [-0.2, -0.15) is 0 Å². The Morgan fingerprint density at radius 3 is 2.15 bits per heavy atom. The third kappa shape index (κ3) is 2.37. The zero-order valence-electron chi connectivity index (χ0n) is 10.2. The molecule has 5 N–H and O–H groups in total. The number of hydrogen-bond donors (Lipinski definition) is 3. The van der Waals surface area contributed by atoms with Crippen molar-refractivity contribution in [3.8, 4) is 11.1 Å². The van der Waals surface area contributed by atoms with Crippen LogP contribution < -0.4 is 11.5 Å². The molecule has 102 valence electrons. The normalized spacial score (nSPS) is 10.2. The van der Waals surface area contributed by atoms with Gasteiger partial charge in [0.05, 0.1) is 16.1 Å². The summed E-state index contributed by atoms with van der Waals surface area (Å²) < 4.78 is 0. The quantitative estimate of drug-likeness (QED) is 0.445. The fourth-order valence-electron chi connectivity index (χ4n) is 1.90. The van der Waals surface area contributed by atoms with Crippen molar-refractivity contribution in [2.75, 3.05) is 11.5 Å². The third-order valence-electron chi connectivity index (χ3n) is 2.78. The van der Waals surface area contributed by atoms with E-state index in [1.165, 1.54) is 36.4 Å². The van der Waals surface area contributed by atoms with Gasteiger partial charge in [-0.15, -0.1) is 0 Å². The Labute approximate surface area is 113 Å². The smallest absolute Gasteiger partial charge is 0.336 e. The summed E-state index contributed by atoms with van der Waals surface area (Å²) in [7, 11) is 0. The van der Waals surface area contributed by atoms with Crippen LogP contribution in [0, 0.1) is 10.1 Å². The van der Waals surface area contributed by atoms with E-state index in [1.807, 2.05) is 0 Å². The summed E-state index contributed by atoms with van der Waals surface area (Å²) in [6, 6.07) is 8.28. The average molecular weight is 273 g/mol. The molecule has 0 spiro atoms. The minimum Gasteiger partial charge on any atom is -0.478 e. The molecular formula is C13H11N3O4. The first-order valence-corrected chi connectivity index (χ1v) is 5.57. The number of hydrogen-bond acceptors (Lipinski definition) is 5. The molecule has 7 nitrogen and oxygen atoms in total. The molecule has 20 heavy (non-hydrogen) atoms. The summed E-state index contributed by atoms with van der Waals surface area (Å²) in [6.45, 7) is 0. The zero-order valence-corrected chi connectivity index (χ0v) is 10.2. The third-order valence-corrected chi connectivity index (χ3v) is 2.78. The standard InChI is InChI=1S/C13H11N3O4/c14-7-1-3-9(11(5-7)13(17)18)10-4-2-8(15)6-12(10)16(19)20/h1-6H,14-15H2,(H,17,18). The Kier molecular flexibility index (Phi) is 3.26. The second kappa shape index (κ2) is 4.88.